The maximum atomic E-state index is 12.4. The highest BCUT2D eigenvalue weighted by atomic mass is 16.1. The lowest BCUT2D eigenvalue weighted by molar-refractivity contribution is -0.125. The molecule has 0 atom stereocenters. The minimum atomic E-state index is 0.156. The number of amides is 1. The number of aryl methyl sites for hydroxylation is 2. The number of aromatic nitrogens is 3. The summed E-state index contributed by atoms with van der Waals surface area (Å²) in [5, 5.41) is 7.93. The van der Waals surface area contributed by atoms with Crippen LogP contribution < -0.4 is 10.2 Å². The maximum Gasteiger partial charge on any atom is 0.223 e. The molecule has 3 heterocycles. The van der Waals surface area contributed by atoms with E-state index in [1.165, 1.54) is 42.5 Å². The molecule has 2 aliphatic carbocycles. The van der Waals surface area contributed by atoms with E-state index in [1.807, 2.05) is 16.9 Å². The quantitative estimate of drug-likeness (QED) is 0.916. The van der Waals surface area contributed by atoms with Crippen molar-refractivity contribution in [2.45, 2.75) is 51.4 Å². The molecule has 1 saturated heterocycles. The molecule has 0 spiro atoms. The van der Waals surface area contributed by atoms with Crippen LogP contribution in [-0.2, 0) is 17.6 Å². The molecule has 0 unspecified atom stereocenters. The first-order chi connectivity index (χ1) is 12.8. The van der Waals surface area contributed by atoms with Crippen molar-refractivity contribution < 1.29 is 4.79 Å². The van der Waals surface area contributed by atoms with Crippen molar-refractivity contribution in [1.82, 2.24) is 19.9 Å². The van der Waals surface area contributed by atoms with Crippen LogP contribution in [0.3, 0.4) is 0 Å². The third-order valence-electron chi connectivity index (χ3n) is 6.23. The molecule has 0 bridgehead atoms. The SMILES string of the molecule is O=C(NCC1CC1)C1CCN(c2nccn3nc4c(c23)CCCC4)CC1. The number of hydrogen-bond acceptors (Lipinski definition) is 4. The summed E-state index contributed by atoms with van der Waals surface area (Å²) in [6, 6.07) is 0. The highest BCUT2D eigenvalue weighted by Gasteiger charge is 2.29. The van der Waals surface area contributed by atoms with Gasteiger partial charge in [0.05, 0.1) is 5.69 Å². The highest BCUT2D eigenvalue weighted by molar-refractivity contribution is 5.79. The standard InChI is InChI=1S/C20H27N5O/c26-20(22-13-14-5-6-14)15-7-10-24(11-8-15)19-18-16-3-1-2-4-17(16)23-25(18)12-9-21-19/h9,12,14-15H,1-8,10-11,13H2,(H,22,26). The Morgan fingerprint density at radius 3 is 2.77 bits per heavy atom. The topological polar surface area (TPSA) is 62.5 Å². The first-order valence-electron chi connectivity index (χ1n) is 10.2. The molecule has 1 aliphatic heterocycles. The molecule has 2 aromatic heterocycles. The summed E-state index contributed by atoms with van der Waals surface area (Å²) in [5.41, 5.74) is 3.84. The van der Waals surface area contributed by atoms with Gasteiger partial charge in [0.2, 0.25) is 5.91 Å². The molecule has 0 radical (unpaired) electrons. The van der Waals surface area contributed by atoms with Gasteiger partial charge in [0, 0.05) is 43.5 Å². The molecule has 2 aromatic rings. The Bertz CT molecular complexity index is 817. The molecule has 3 aliphatic rings. The first kappa shape index (κ1) is 16.1. The summed E-state index contributed by atoms with van der Waals surface area (Å²) in [6.45, 7) is 2.67. The smallest absolute Gasteiger partial charge is 0.223 e. The fourth-order valence-corrected chi connectivity index (χ4v) is 4.44. The van der Waals surface area contributed by atoms with Gasteiger partial charge in [-0.2, -0.15) is 5.10 Å². The number of carbonyl (C=O) groups excluding carboxylic acids is 1. The summed E-state index contributed by atoms with van der Waals surface area (Å²) in [7, 11) is 0. The average Bonchev–Trinajstić information content (AvgIpc) is 3.44. The number of fused-ring (bicyclic) bond motifs is 3. The van der Waals surface area contributed by atoms with E-state index in [1.54, 1.807) is 0 Å². The fraction of sp³-hybridized carbons (Fsp3) is 0.650. The molecule has 0 aromatic carbocycles. The summed E-state index contributed by atoms with van der Waals surface area (Å²) in [5.74, 6) is 2.21. The van der Waals surface area contributed by atoms with Gasteiger partial charge in [-0.1, -0.05) is 0 Å². The third kappa shape index (κ3) is 2.95. The van der Waals surface area contributed by atoms with Crippen molar-refractivity contribution in [2.75, 3.05) is 24.5 Å². The Morgan fingerprint density at radius 1 is 1.15 bits per heavy atom. The van der Waals surface area contributed by atoms with Crippen molar-refractivity contribution in [3.05, 3.63) is 23.7 Å². The van der Waals surface area contributed by atoms with Gasteiger partial charge >= 0.3 is 0 Å². The van der Waals surface area contributed by atoms with Gasteiger partial charge in [-0.3, -0.25) is 4.79 Å². The molecule has 6 heteroatoms. The summed E-state index contributed by atoms with van der Waals surface area (Å²) < 4.78 is 2.02. The third-order valence-corrected chi connectivity index (χ3v) is 6.23. The van der Waals surface area contributed by atoms with Crippen LogP contribution >= 0.6 is 0 Å². The molecular weight excluding hydrogens is 326 g/mol. The number of anilines is 1. The molecule has 6 nitrogen and oxygen atoms in total. The number of piperidine rings is 1. The van der Waals surface area contributed by atoms with Crippen molar-refractivity contribution in [1.29, 1.82) is 0 Å². The zero-order valence-corrected chi connectivity index (χ0v) is 15.3. The van der Waals surface area contributed by atoms with Crippen LogP contribution in [0.4, 0.5) is 5.82 Å². The van der Waals surface area contributed by atoms with Gasteiger partial charge in [0.15, 0.2) is 5.82 Å². The van der Waals surface area contributed by atoms with E-state index in [0.717, 1.165) is 57.1 Å². The van der Waals surface area contributed by atoms with Crippen molar-refractivity contribution >= 4 is 17.2 Å². The number of rotatable bonds is 4. The van der Waals surface area contributed by atoms with Gasteiger partial charge in [-0.15, -0.1) is 0 Å². The molecule has 1 saturated carbocycles. The zero-order chi connectivity index (χ0) is 17.5. The predicted octanol–water partition coefficient (Wildman–Crippen LogP) is 2.35. The lowest BCUT2D eigenvalue weighted by Gasteiger charge is -2.32. The van der Waals surface area contributed by atoms with E-state index >= 15 is 0 Å². The Morgan fingerprint density at radius 2 is 1.96 bits per heavy atom. The second-order valence-electron chi connectivity index (χ2n) is 8.13. The Kier molecular flexibility index (Phi) is 4.06. The van der Waals surface area contributed by atoms with Crippen molar-refractivity contribution in [2.24, 2.45) is 11.8 Å². The van der Waals surface area contributed by atoms with E-state index in [2.05, 4.69) is 10.2 Å². The number of nitrogens with zero attached hydrogens (tertiary/aromatic N) is 4. The molecule has 2 fully saturated rings. The van der Waals surface area contributed by atoms with Gasteiger partial charge in [0.25, 0.3) is 0 Å². The van der Waals surface area contributed by atoms with Crippen LogP contribution in [-0.4, -0.2) is 40.1 Å². The van der Waals surface area contributed by atoms with Gasteiger partial charge < -0.3 is 10.2 Å². The van der Waals surface area contributed by atoms with Gasteiger partial charge in [-0.25, -0.2) is 9.50 Å². The van der Waals surface area contributed by atoms with Crippen LogP contribution in [0.2, 0.25) is 0 Å². The van der Waals surface area contributed by atoms with Gasteiger partial charge in [-0.05, 0) is 57.3 Å². The van der Waals surface area contributed by atoms with Crippen molar-refractivity contribution in [3.8, 4) is 0 Å². The Hall–Kier alpha value is -2.11. The number of carbonyl (C=O) groups is 1. The normalized spacial score (nSPS) is 21.0. The molecule has 1 amide bonds. The number of hydrogen-bond donors (Lipinski definition) is 1. The summed E-state index contributed by atoms with van der Waals surface area (Å²) in [4.78, 5) is 19.4. The maximum absolute atomic E-state index is 12.4. The second-order valence-corrected chi connectivity index (χ2v) is 8.13. The summed E-state index contributed by atoms with van der Waals surface area (Å²) in [6.07, 6.45) is 12.9. The van der Waals surface area contributed by atoms with Crippen LogP contribution in [0, 0.1) is 11.8 Å². The number of nitrogens with one attached hydrogen (secondary N) is 1. The van der Waals surface area contributed by atoms with Crippen LogP contribution in [0.15, 0.2) is 12.4 Å². The van der Waals surface area contributed by atoms with E-state index in [9.17, 15) is 4.79 Å². The van der Waals surface area contributed by atoms with Crippen LogP contribution in [0.1, 0.15) is 49.8 Å². The van der Waals surface area contributed by atoms with Crippen LogP contribution in [0.25, 0.3) is 5.52 Å². The van der Waals surface area contributed by atoms with E-state index in [-0.39, 0.29) is 11.8 Å². The van der Waals surface area contributed by atoms with E-state index < -0.39 is 0 Å². The molecule has 26 heavy (non-hydrogen) atoms. The lowest BCUT2D eigenvalue weighted by atomic mass is 9.94. The predicted molar refractivity (Wildman–Crippen MR) is 100 cm³/mol. The molecule has 1 N–H and O–H groups in total. The molecular formula is C20H27N5O. The fourth-order valence-electron chi connectivity index (χ4n) is 4.44. The van der Waals surface area contributed by atoms with E-state index in [0.29, 0.717) is 0 Å². The first-order valence-corrected chi connectivity index (χ1v) is 10.2. The highest BCUT2D eigenvalue weighted by Crippen LogP contribution is 2.32. The summed E-state index contributed by atoms with van der Waals surface area (Å²) >= 11 is 0. The minimum Gasteiger partial charge on any atom is -0.356 e. The van der Waals surface area contributed by atoms with Crippen molar-refractivity contribution in [3.63, 3.8) is 0 Å². The van der Waals surface area contributed by atoms with Crippen LogP contribution in [0.5, 0.6) is 0 Å². The zero-order valence-electron chi connectivity index (χ0n) is 15.3. The Labute approximate surface area is 154 Å². The molecule has 5 rings (SSSR count). The lowest BCUT2D eigenvalue weighted by Crippen LogP contribution is -2.41. The van der Waals surface area contributed by atoms with E-state index in [4.69, 9.17) is 10.1 Å². The minimum absolute atomic E-state index is 0.156. The monoisotopic (exact) mass is 353 g/mol. The second kappa shape index (κ2) is 6.56. The average molecular weight is 353 g/mol. The van der Waals surface area contributed by atoms with Gasteiger partial charge in [0.1, 0.15) is 5.52 Å². The Balaban J connectivity index is 1.32. The largest absolute Gasteiger partial charge is 0.356 e. The molecule has 138 valence electrons.